The second kappa shape index (κ2) is 32.8. The van der Waals surface area contributed by atoms with E-state index in [0.717, 1.165) is 0 Å². The Morgan fingerprint density at radius 1 is 1.00 bits per heavy atom. The predicted octanol–water partition coefficient (Wildman–Crippen LogP) is 3.58. The molecule has 362 valence electrons. The van der Waals surface area contributed by atoms with Gasteiger partial charge in [-0.2, -0.15) is 8.62 Å². The minimum absolute atomic E-state index is 0.00710. The van der Waals surface area contributed by atoms with Crippen molar-refractivity contribution in [3.63, 3.8) is 0 Å². The van der Waals surface area contributed by atoms with Crippen LogP contribution in [0.1, 0.15) is 39.5 Å². The second-order valence-corrected chi connectivity index (χ2v) is 21.2. The Balaban J connectivity index is 2.35. The van der Waals surface area contributed by atoms with Gasteiger partial charge in [0, 0.05) is 42.0 Å². The van der Waals surface area contributed by atoms with E-state index in [9.17, 15) is 37.9 Å². The SMILES string of the molecule is CC(C)(CCOC(=O)NCCOCCOCCN)SSCOCCCCOC(=O)NCC#C/C(C=O)=C/N(I)[C@H]1CC(OCN=[N+]=[N-])[C@@H](COP(=O)(O)OP(=O)(O)OP(=O)(O)O)O1. The largest absolute Gasteiger partial charge is 0.490 e. The second-order valence-electron chi connectivity index (χ2n) is 12.7. The molecule has 1 aliphatic rings. The summed E-state index contributed by atoms with van der Waals surface area (Å²) >= 11 is 1.76. The number of phosphoric ester groups is 1. The molecule has 0 saturated carbocycles. The molecular weight excluding hydrogens is 1060 g/mol. The molecule has 0 bridgehead atoms. The van der Waals surface area contributed by atoms with Crippen LogP contribution >= 0.6 is 67.9 Å². The summed E-state index contributed by atoms with van der Waals surface area (Å²) in [6, 6.07) is 0. The Labute approximate surface area is 385 Å². The van der Waals surface area contributed by atoms with E-state index in [1.54, 1.807) is 33.7 Å². The van der Waals surface area contributed by atoms with E-state index in [0.29, 0.717) is 77.6 Å². The van der Waals surface area contributed by atoms with E-state index in [1.165, 1.54) is 20.1 Å². The molecule has 0 radical (unpaired) electrons. The molecule has 33 heteroatoms. The maximum atomic E-state index is 12.2. The highest BCUT2D eigenvalue weighted by atomic mass is 127. The lowest BCUT2D eigenvalue weighted by atomic mass is 10.1. The van der Waals surface area contributed by atoms with Crippen LogP contribution < -0.4 is 16.4 Å². The number of allylic oxidation sites excluding steroid dienone is 1. The van der Waals surface area contributed by atoms with E-state index in [4.69, 9.17) is 54.2 Å². The van der Waals surface area contributed by atoms with E-state index < -0.39 is 67.4 Å². The molecule has 5 atom stereocenters. The van der Waals surface area contributed by atoms with E-state index in [-0.39, 0.29) is 36.5 Å². The van der Waals surface area contributed by atoms with Gasteiger partial charge in [-0.05, 0) is 38.6 Å². The molecule has 2 amide bonds. The molecule has 1 rings (SSSR count). The maximum Gasteiger partial charge on any atom is 0.490 e. The summed E-state index contributed by atoms with van der Waals surface area (Å²) in [5.74, 6) is 5.60. The molecule has 0 aliphatic carbocycles. The fourth-order valence-electron chi connectivity index (χ4n) is 4.28. The Bertz CT molecular complexity index is 1690. The maximum absolute atomic E-state index is 12.2. The molecule has 3 unspecified atom stereocenters. The monoisotopic (exact) mass is 1120 g/mol. The number of ether oxygens (including phenoxy) is 7. The zero-order valence-electron chi connectivity index (χ0n) is 34.1. The number of nitrogens with one attached hydrogen (secondary N) is 2. The van der Waals surface area contributed by atoms with Gasteiger partial charge in [0.1, 0.15) is 25.0 Å². The number of halogens is 1. The van der Waals surface area contributed by atoms with Gasteiger partial charge in [-0.3, -0.25) is 12.4 Å². The number of hydrogen-bond acceptors (Lipinski definition) is 21. The number of aldehydes is 1. The van der Waals surface area contributed by atoms with Crippen molar-refractivity contribution in [1.29, 1.82) is 0 Å². The number of phosphoric acid groups is 3. The molecule has 8 N–H and O–H groups in total. The number of azide groups is 1. The Hall–Kier alpha value is -1.78. The van der Waals surface area contributed by atoms with Crippen LogP contribution in [0.15, 0.2) is 16.9 Å². The molecule has 1 fully saturated rings. The number of rotatable bonds is 34. The molecule has 0 aromatic carbocycles. The fraction of sp³-hybridized carbons (Fsp3) is 0.767. The topological polar surface area (TPSA) is 378 Å². The van der Waals surface area contributed by atoms with Crippen LogP contribution in [0.4, 0.5) is 9.59 Å². The smallest absolute Gasteiger partial charge is 0.450 e. The molecule has 27 nitrogen and oxygen atoms in total. The standard InChI is InChI=1S/C30H53IN7O20P3S2/c1-30(2,7-13-53-29(41)35-10-15-50-17-16-49-14-8-32)63-62-23-51-11-3-4-12-52-28(40)34-9-5-6-24(20-39)19-38(31)27-18-25(54-22-36-37-33)26(56-27)21-55-60(45,46)58-61(47,48)57-59(42,43)44/h19-20,25-27H,3-4,7-18,21-23,32H2,1-2H3,(H,34,40)(H,35,41)(H,45,46)(H,47,48)(H2,42,43,44)/b24-19-/t25?,26-,27-/m1/s1. The van der Waals surface area contributed by atoms with E-state index >= 15 is 0 Å². The van der Waals surface area contributed by atoms with Crippen LogP contribution in [0.2, 0.25) is 0 Å². The first-order valence-corrected chi connectivity index (χ1v) is 26.2. The summed E-state index contributed by atoms with van der Waals surface area (Å²) in [7, 11) is -13.7. The summed E-state index contributed by atoms with van der Waals surface area (Å²) in [4.78, 5) is 74.7. The molecule has 0 aromatic rings. The third kappa shape index (κ3) is 31.7. The third-order valence-corrected chi connectivity index (χ3v) is 14.8. The first kappa shape index (κ1) is 59.2. The van der Waals surface area contributed by atoms with Crippen LogP contribution in [0.3, 0.4) is 0 Å². The summed E-state index contributed by atoms with van der Waals surface area (Å²) in [6.07, 6.45) is -0.837. The highest BCUT2D eigenvalue weighted by molar-refractivity contribution is 14.1. The van der Waals surface area contributed by atoms with Gasteiger partial charge in [0.25, 0.3) is 0 Å². The number of nitrogens with two attached hydrogens (primary N) is 1. The van der Waals surface area contributed by atoms with Crippen LogP contribution in [-0.4, -0.2) is 150 Å². The van der Waals surface area contributed by atoms with Crippen LogP contribution in [-0.2, 0) is 64.8 Å². The summed E-state index contributed by atoms with van der Waals surface area (Å²) < 4.78 is 85.5. The molecule has 1 saturated heterocycles. The van der Waals surface area contributed by atoms with Crippen molar-refractivity contribution >= 4 is 86.4 Å². The molecule has 0 aromatic heterocycles. The molecular formula is C30H53IN7O20P3S2. The van der Waals surface area contributed by atoms with Crippen molar-refractivity contribution in [3.05, 3.63) is 22.2 Å². The third-order valence-electron chi connectivity index (χ3n) is 7.05. The lowest BCUT2D eigenvalue weighted by Gasteiger charge is -2.22. The lowest BCUT2D eigenvalue weighted by molar-refractivity contribution is -0.104. The van der Waals surface area contributed by atoms with Crippen LogP contribution in [0, 0.1) is 11.8 Å². The van der Waals surface area contributed by atoms with Crippen molar-refractivity contribution in [3.8, 4) is 11.8 Å². The number of carbonyl (C=O) groups is 3. The van der Waals surface area contributed by atoms with Gasteiger partial charge >= 0.3 is 35.7 Å². The van der Waals surface area contributed by atoms with Crippen molar-refractivity contribution in [1.82, 2.24) is 13.7 Å². The van der Waals surface area contributed by atoms with Crippen molar-refractivity contribution in [2.24, 2.45) is 10.8 Å². The quantitative estimate of drug-likeness (QED) is 0.00393. The number of carbonyl (C=O) groups excluding carboxylic acids is 3. The highest BCUT2D eigenvalue weighted by Gasteiger charge is 2.43. The average molecular weight is 1120 g/mol. The van der Waals surface area contributed by atoms with Gasteiger partial charge in [0.2, 0.25) is 0 Å². The van der Waals surface area contributed by atoms with Crippen molar-refractivity contribution in [2.45, 2.75) is 62.7 Å². The first-order valence-electron chi connectivity index (χ1n) is 18.4. The Kier molecular flexibility index (Phi) is 30.9. The number of amides is 2. The first-order chi connectivity index (χ1) is 29.7. The normalized spacial score (nSPS) is 18.5. The minimum atomic E-state index is -5.76. The summed E-state index contributed by atoms with van der Waals surface area (Å²) in [6.45, 7) is 5.84. The van der Waals surface area contributed by atoms with E-state index in [1.807, 2.05) is 13.8 Å². The van der Waals surface area contributed by atoms with Crippen molar-refractivity contribution in [2.75, 3.05) is 85.2 Å². The Morgan fingerprint density at radius 2 is 1.68 bits per heavy atom. The molecule has 1 aliphatic heterocycles. The molecule has 63 heavy (non-hydrogen) atoms. The fourth-order valence-corrected chi connectivity index (χ4v) is 10.2. The molecule has 1 heterocycles. The van der Waals surface area contributed by atoms with Gasteiger partial charge in [0.05, 0.1) is 87.3 Å². The van der Waals surface area contributed by atoms with Gasteiger partial charge < -0.3 is 69.1 Å². The number of nitrogens with zero attached hydrogens (tertiary/aromatic N) is 4. The van der Waals surface area contributed by atoms with Crippen LogP contribution in [0.25, 0.3) is 10.4 Å². The van der Waals surface area contributed by atoms with Crippen LogP contribution in [0.5, 0.6) is 0 Å². The van der Waals surface area contributed by atoms with E-state index in [2.05, 4.69) is 45.6 Å². The minimum Gasteiger partial charge on any atom is -0.450 e. The number of hydrogen-bond donors (Lipinski definition) is 7. The predicted molar refractivity (Wildman–Crippen MR) is 233 cm³/mol. The zero-order chi connectivity index (χ0) is 47.2. The highest BCUT2D eigenvalue weighted by Crippen LogP contribution is 2.66. The number of alkyl carbamates (subject to hydrolysis) is 2. The average Bonchev–Trinajstić information content (AvgIpc) is 3.60. The van der Waals surface area contributed by atoms with Gasteiger partial charge in [-0.25, -0.2) is 23.3 Å². The molecule has 0 spiro atoms. The van der Waals surface area contributed by atoms with Gasteiger partial charge in [-0.1, -0.05) is 38.5 Å². The Morgan fingerprint density at radius 3 is 2.37 bits per heavy atom. The summed E-state index contributed by atoms with van der Waals surface area (Å²) in [5.41, 5.74) is 13.8. The number of unbranched alkanes of at least 4 members (excludes halogenated alkanes) is 1. The van der Waals surface area contributed by atoms with Gasteiger partial charge in [0.15, 0.2) is 6.29 Å². The summed E-state index contributed by atoms with van der Waals surface area (Å²) in [5, 5.41) is 8.29. The lowest BCUT2D eigenvalue weighted by Crippen LogP contribution is -2.29. The van der Waals surface area contributed by atoms with Crippen molar-refractivity contribution < 1.29 is 94.0 Å². The zero-order valence-corrected chi connectivity index (χ0v) is 40.6. The van der Waals surface area contributed by atoms with Gasteiger partial charge in [-0.15, -0.1) is 0 Å².